The van der Waals surface area contributed by atoms with Crippen LogP contribution in [0.15, 0.2) is 6.33 Å². The lowest BCUT2D eigenvalue weighted by Crippen LogP contribution is -2.30. The van der Waals surface area contributed by atoms with Gasteiger partial charge in [0.2, 0.25) is 5.28 Å². The molecule has 20 heavy (non-hydrogen) atoms. The molecule has 2 aromatic heterocycles. The van der Waals surface area contributed by atoms with Gasteiger partial charge in [-0.05, 0) is 11.6 Å². The molecule has 10 heteroatoms. The number of hydrogen-bond acceptors (Lipinski definition) is 7. The number of alkyl halides is 1. The molecular weight excluding hydrogens is 293 g/mol. The maximum Gasteiger partial charge on any atom is 0.226 e. The maximum atomic E-state index is 14.1. The van der Waals surface area contributed by atoms with Crippen LogP contribution in [0.1, 0.15) is 6.23 Å². The smallest absolute Gasteiger partial charge is 0.226 e. The first-order chi connectivity index (χ1) is 9.52. The Morgan fingerprint density at radius 1 is 1.50 bits per heavy atom. The number of hydrogen-bond donors (Lipinski definition) is 3. The minimum Gasteiger partial charge on any atom is -0.394 e. The normalized spacial score (nSPS) is 30.2. The number of aliphatic hydroxyl groups is 2. The molecule has 0 aromatic carbocycles. The summed E-state index contributed by atoms with van der Waals surface area (Å²) in [5.74, 6) is 0.0615. The molecule has 0 radical (unpaired) electrons. The largest absolute Gasteiger partial charge is 0.394 e. The van der Waals surface area contributed by atoms with Gasteiger partial charge in [-0.1, -0.05) is 0 Å². The Bertz CT molecular complexity index is 653. The predicted molar refractivity (Wildman–Crippen MR) is 66.6 cm³/mol. The van der Waals surface area contributed by atoms with Crippen LogP contribution in [0.25, 0.3) is 11.2 Å². The van der Waals surface area contributed by atoms with Crippen molar-refractivity contribution in [3.05, 3.63) is 11.6 Å². The molecule has 108 valence electrons. The van der Waals surface area contributed by atoms with Crippen LogP contribution in [0, 0.1) is 0 Å². The Labute approximate surface area is 117 Å². The molecule has 2 aromatic rings. The van der Waals surface area contributed by atoms with Crippen molar-refractivity contribution in [3.8, 4) is 0 Å². The summed E-state index contributed by atoms with van der Waals surface area (Å²) in [4.78, 5) is 11.7. The van der Waals surface area contributed by atoms with Crippen LogP contribution in [0.4, 0.5) is 10.2 Å². The number of imidazole rings is 1. The van der Waals surface area contributed by atoms with Gasteiger partial charge in [0, 0.05) is 0 Å². The third-order valence-electron chi connectivity index (χ3n) is 3.17. The van der Waals surface area contributed by atoms with Gasteiger partial charge in [0.25, 0.3) is 0 Å². The number of rotatable bonds is 2. The van der Waals surface area contributed by atoms with E-state index in [9.17, 15) is 9.50 Å². The fourth-order valence-corrected chi connectivity index (χ4v) is 2.35. The summed E-state index contributed by atoms with van der Waals surface area (Å²) in [6.45, 7) is -0.497. The van der Waals surface area contributed by atoms with Gasteiger partial charge in [0.1, 0.15) is 17.7 Å². The highest BCUT2D eigenvalue weighted by atomic mass is 35.5. The van der Waals surface area contributed by atoms with E-state index < -0.39 is 31.2 Å². The van der Waals surface area contributed by atoms with Crippen LogP contribution in [0.3, 0.4) is 0 Å². The van der Waals surface area contributed by atoms with Gasteiger partial charge in [0.15, 0.2) is 23.9 Å². The Balaban J connectivity index is 2.07. The average Bonchev–Trinajstić information content (AvgIpc) is 2.93. The highest BCUT2D eigenvalue weighted by molar-refractivity contribution is 6.28. The first-order valence-corrected chi connectivity index (χ1v) is 6.14. The molecule has 0 amide bonds. The molecule has 0 aliphatic carbocycles. The zero-order valence-corrected chi connectivity index (χ0v) is 10.8. The van der Waals surface area contributed by atoms with Crippen LogP contribution in [0.2, 0.25) is 5.28 Å². The molecule has 0 spiro atoms. The molecule has 3 heterocycles. The third kappa shape index (κ3) is 1.90. The number of fused-ring (bicyclic) bond motifs is 1. The van der Waals surface area contributed by atoms with Crippen molar-refractivity contribution in [2.45, 2.75) is 24.6 Å². The molecule has 0 unspecified atom stereocenters. The molecule has 8 nitrogen and oxygen atoms in total. The average molecular weight is 304 g/mol. The summed E-state index contributed by atoms with van der Waals surface area (Å²) in [6, 6.07) is 0. The molecule has 4 atom stereocenters. The van der Waals surface area contributed by atoms with E-state index in [0.29, 0.717) is 0 Å². The fraction of sp³-hybridized carbons (Fsp3) is 0.500. The zero-order valence-electron chi connectivity index (χ0n) is 10.0. The zero-order chi connectivity index (χ0) is 14.4. The summed E-state index contributed by atoms with van der Waals surface area (Å²) < 4.78 is 20.6. The lowest BCUT2D eigenvalue weighted by atomic mass is 10.1. The van der Waals surface area contributed by atoms with Crippen molar-refractivity contribution in [2.75, 3.05) is 12.3 Å². The Hall–Kier alpha value is -1.55. The van der Waals surface area contributed by atoms with Crippen molar-refractivity contribution < 1.29 is 19.3 Å². The summed E-state index contributed by atoms with van der Waals surface area (Å²) >= 11 is 5.71. The van der Waals surface area contributed by atoms with Crippen molar-refractivity contribution >= 4 is 28.6 Å². The second kappa shape index (κ2) is 4.77. The maximum absolute atomic E-state index is 14.1. The van der Waals surface area contributed by atoms with Crippen molar-refractivity contribution in [2.24, 2.45) is 0 Å². The van der Waals surface area contributed by atoms with E-state index in [1.165, 1.54) is 10.9 Å². The minimum atomic E-state index is -1.74. The van der Waals surface area contributed by atoms with E-state index in [2.05, 4.69) is 15.0 Å². The monoisotopic (exact) mass is 303 g/mol. The summed E-state index contributed by atoms with van der Waals surface area (Å²) in [7, 11) is 0. The van der Waals surface area contributed by atoms with Crippen LogP contribution >= 0.6 is 11.6 Å². The highest BCUT2D eigenvalue weighted by Crippen LogP contribution is 2.34. The molecule has 3 rings (SSSR count). The number of aliphatic hydroxyl groups excluding tert-OH is 2. The predicted octanol–water partition coefficient (Wildman–Crippen LogP) is -0.349. The van der Waals surface area contributed by atoms with Gasteiger partial charge in [-0.2, -0.15) is 9.97 Å². The van der Waals surface area contributed by atoms with Gasteiger partial charge in [-0.25, -0.2) is 9.37 Å². The number of nitrogens with zero attached hydrogens (tertiary/aromatic N) is 4. The second-order valence-corrected chi connectivity index (χ2v) is 4.72. The van der Waals surface area contributed by atoms with Gasteiger partial charge in [0.05, 0.1) is 12.9 Å². The van der Waals surface area contributed by atoms with Crippen LogP contribution in [-0.4, -0.2) is 54.7 Å². The number of halogens is 2. The lowest BCUT2D eigenvalue weighted by Gasteiger charge is -2.15. The topological polar surface area (TPSA) is 119 Å². The number of nitrogens with two attached hydrogens (primary N) is 1. The summed E-state index contributed by atoms with van der Waals surface area (Å²) in [5, 5.41) is 18.6. The number of ether oxygens (including phenoxy) is 1. The molecule has 0 saturated carbocycles. The van der Waals surface area contributed by atoms with E-state index in [1.54, 1.807) is 0 Å². The minimum absolute atomic E-state index is 0.0615. The first-order valence-electron chi connectivity index (χ1n) is 5.77. The third-order valence-corrected chi connectivity index (χ3v) is 3.34. The van der Waals surface area contributed by atoms with E-state index in [0.717, 1.165) is 0 Å². The molecule has 4 N–H and O–H groups in total. The van der Waals surface area contributed by atoms with Gasteiger partial charge in [-0.15, -0.1) is 0 Å². The molecular formula is C10H11ClFN5O3. The van der Waals surface area contributed by atoms with Crippen molar-refractivity contribution in [1.82, 2.24) is 19.5 Å². The van der Waals surface area contributed by atoms with Gasteiger partial charge < -0.3 is 20.7 Å². The molecule has 1 aliphatic heterocycles. The Morgan fingerprint density at radius 2 is 2.25 bits per heavy atom. The Morgan fingerprint density at radius 3 is 2.90 bits per heavy atom. The Kier molecular flexibility index (Phi) is 3.21. The van der Waals surface area contributed by atoms with Gasteiger partial charge >= 0.3 is 0 Å². The molecule has 1 fully saturated rings. The second-order valence-electron chi connectivity index (χ2n) is 4.38. The summed E-state index contributed by atoms with van der Waals surface area (Å²) in [6.07, 6.45) is -4.08. The van der Waals surface area contributed by atoms with E-state index in [1.807, 2.05) is 0 Å². The lowest BCUT2D eigenvalue weighted by molar-refractivity contribution is -0.0459. The van der Waals surface area contributed by atoms with E-state index >= 15 is 0 Å². The SMILES string of the molecule is Nc1nc(Cl)nc2c1ncn2[C@@H]1O[C@H](CO)[C@H](O)[C@H]1F. The van der Waals surface area contributed by atoms with Crippen LogP contribution in [-0.2, 0) is 4.74 Å². The standard InChI is InChI=1S/C10H11ClFN5O3/c11-10-15-7(13)5-8(16-10)17(2-14-5)9-4(12)6(19)3(1-18)20-9/h2-4,6,9,18-19H,1H2,(H2,13,15,16)/t3-,4-,6+,9-/m1/s1. The fourth-order valence-electron chi connectivity index (χ4n) is 2.18. The van der Waals surface area contributed by atoms with Crippen LogP contribution in [0.5, 0.6) is 0 Å². The van der Waals surface area contributed by atoms with Crippen LogP contribution < -0.4 is 5.73 Å². The van der Waals surface area contributed by atoms with Crippen molar-refractivity contribution in [1.29, 1.82) is 0 Å². The number of nitrogen functional groups attached to an aromatic ring is 1. The van der Waals surface area contributed by atoms with Crippen molar-refractivity contribution in [3.63, 3.8) is 0 Å². The quantitative estimate of drug-likeness (QED) is 0.649. The van der Waals surface area contributed by atoms with E-state index in [-0.39, 0.29) is 22.3 Å². The molecule has 0 bridgehead atoms. The summed E-state index contributed by atoms with van der Waals surface area (Å²) in [5.41, 5.74) is 6.10. The first kappa shape index (κ1) is 13.4. The van der Waals surface area contributed by atoms with Gasteiger partial charge in [-0.3, -0.25) is 4.57 Å². The molecule has 1 saturated heterocycles. The highest BCUT2D eigenvalue weighted by Gasteiger charge is 2.45. The molecule has 1 aliphatic rings. The number of anilines is 1. The van der Waals surface area contributed by atoms with E-state index in [4.69, 9.17) is 27.2 Å². The number of aromatic nitrogens is 4.